The summed E-state index contributed by atoms with van der Waals surface area (Å²) in [6.45, 7) is 1.74. The zero-order valence-corrected chi connectivity index (χ0v) is 15.7. The molecule has 1 aliphatic heterocycles. The summed E-state index contributed by atoms with van der Waals surface area (Å²) in [7, 11) is -0.964. The molecule has 1 fully saturated rings. The second-order valence-electron chi connectivity index (χ2n) is 6.40. The number of nitrogens with one attached hydrogen (secondary N) is 2. The Bertz CT molecular complexity index is 992. The highest BCUT2D eigenvalue weighted by molar-refractivity contribution is 7.87. The molecule has 0 spiro atoms. The molecule has 0 aliphatic carbocycles. The Labute approximate surface area is 155 Å². The maximum Gasteiger partial charge on any atom is 0.280 e. The van der Waals surface area contributed by atoms with Gasteiger partial charge in [-0.15, -0.1) is 0 Å². The van der Waals surface area contributed by atoms with E-state index in [1.54, 1.807) is 24.9 Å². The molecular weight excluding hydrogens is 380 g/mol. The van der Waals surface area contributed by atoms with Gasteiger partial charge in [0, 0.05) is 31.9 Å². The maximum absolute atomic E-state index is 13.8. The number of anilines is 1. The molecule has 2 aromatic rings. The zero-order valence-electron chi connectivity index (χ0n) is 14.9. The Hall–Kier alpha value is -2.37. The number of aryl methyl sites for hydroxylation is 2. The number of carbonyl (C=O) groups is 1. The van der Waals surface area contributed by atoms with Crippen LogP contribution in [0, 0.1) is 18.6 Å². The van der Waals surface area contributed by atoms with Crippen molar-refractivity contribution < 1.29 is 22.0 Å². The van der Waals surface area contributed by atoms with E-state index in [4.69, 9.17) is 0 Å². The molecule has 146 valence electrons. The van der Waals surface area contributed by atoms with Gasteiger partial charge in [-0.25, -0.2) is 8.78 Å². The van der Waals surface area contributed by atoms with Gasteiger partial charge in [0.25, 0.3) is 10.2 Å². The van der Waals surface area contributed by atoms with Crippen LogP contribution in [0.4, 0.5) is 14.5 Å². The molecule has 3 rings (SSSR count). The molecule has 2 atom stereocenters. The number of hydrogen-bond donors (Lipinski definition) is 2. The Balaban J connectivity index is 1.88. The molecule has 8 nitrogen and oxygen atoms in total. The van der Waals surface area contributed by atoms with Crippen molar-refractivity contribution in [3.8, 4) is 0 Å². The van der Waals surface area contributed by atoms with E-state index in [2.05, 4.69) is 15.1 Å². The standard InChI is InChI=1S/C16H19F2N5O3S/c1-9-11(8-22(2)20-9)14-7-15(23(3)27(25,26)21-14)16(24)19-13-5-4-10(17)6-12(13)18/h4-6,8,14-15,21H,7H2,1-3H3,(H,19,24)/t14-,15-/m0/s1. The van der Waals surface area contributed by atoms with Crippen LogP contribution in [-0.2, 0) is 22.1 Å². The minimum Gasteiger partial charge on any atom is -0.322 e. The van der Waals surface area contributed by atoms with Gasteiger partial charge in [0.05, 0.1) is 17.4 Å². The van der Waals surface area contributed by atoms with E-state index in [9.17, 15) is 22.0 Å². The van der Waals surface area contributed by atoms with Gasteiger partial charge in [0.2, 0.25) is 5.91 Å². The highest BCUT2D eigenvalue weighted by Crippen LogP contribution is 2.30. The third-order valence-corrected chi connectivity index (χ3v) is 6.08. The lowest BCUT2D eigenvalue weighted by molar-refractivity contribution is -0.120. The van der Waals surface area contributed by atoms with Gasteiger partial charge in [-0.2, -0.15) is 22.5 Å². The third kappa shape index (κ3) is 3.84. The predicted molar refractivity (Wildman–Crippen MR) is 93.9 cm³/mol. The van der Waals surface area contributed by atoms with Crippen LogP contribution in [0.1, 0.15) is 23.7 Å². The van der Waals surface area contributed by atoms with Gasteiger partial charge in [-0.05, 0) is 25.5 Å². The number of carbonyl (C=O) groups excluding carboxylic acids is 1. The summed E-state index contributed by atoms with van der Waals surface area (Å²) in [5.74, 6) is -2.43. The number of likely N-dealkylation sites (N-methyl/N-ethyl adjacent to an activating group) is 1. The molecule has 1 aromatic carbocycles. The molecule has 1 amide bonds. The molecule has 0 radical (unpaired) electrons. The van der Waals surface area contributed by atoms with Crippen molar-refractivity contribution in [3.05, 3.63) is 47.3 Å². The lowest BCUT2D eigenvalue weighted by Gasteiger charge is -2.36. The zero-order chi connectivity index (χ0) is 19.9. The first-order valence-corrected chi connectivity index (χ1v) is 9.54. The fourth-order valence-electron chi connectivity index (χ4n) is 3.08. The summed E-state index contributed by atoms with van der Waals surface area (Å²) in [5, 5.41) is 6.52. The Morgan fingerprint density at radius 2 is 2.04 bits per heavy atom. The van der Waals surface area contributed by atoms with Crippen molar-refractivity contribution >= 4 is 21.8 Å². The summed E-state index contributed by atoms with van der Waals surface area (Å²) >= 11 is 0. The topological polar surface area (TPSA) is 96.3 Å². The van der Waals surface area contributed by atoms with Gasteiger partial charge in [0.15, 0.2) is 0 Å². The van der Waals surface area contributed by atoms with E-state index < -0.39 is 39.8 Å². The minimum atomic E-state index is -3.94. The molecule has 0 saturated carbocycles. The van der Waals surface area contributed by atoms with Crippen molar-refractivity contribution in [2.45, 2.75) is 25.4 Å². The van der Waals surface area contributed by atoms with Crippen LogP contribution < -0.4 is 10.0 Å². The van der Waals surface area contributed by atoms with Gasteiger partial charge >= 0.3 is 0 Å². The second kappa shape index (κ2) is 6.98. The largest absolute Gasteiger partial charge is 0.322 e. The fraction of sp³-hybridized carbons (Fsp3) is 0.375. The monoisotopic (exact) mass is 399 g/mol. The minimum absolute atomic E-state index is 0.122. The van der Waals surface area contributed by atoms with Gasteiger partial charge in [-0.1, -0.05) is 0 Å². The van der Waals surface area contributed by atoms with Crippen LogP contribution in [0.3, 0.4) is 0 Å². The number of nitrogens with zero attached hydrogens (tertiary/aromatic N) is 3. The first-order valence-electron chi connectivity index (χ1n) is 8.10. The first kappa shape index (κ1) is 19.4. The molecule has 1 aliphatic rings. The van der Waals surface area contributed by atoms with Crippen LogP contribution in [0.5, 0.6) is 0 Å². The summed E-state index contributed by atoms with van der Waals surface area (Å²) in [4.78, 5) is 12.6. The van der Waals surface area contributed by atoms with Crippen molar-refractivity contribution in [3.63, 3.8) is 0 Å². The van der Waals surface area contributed by atoms with Crippen molar-refractivity contribution in [1.82, 2.24) is 18.8 Å². The van der Waals surface area contributed by atoms with E-state index in [1.165, 1.54) is 7.05 Å². The maximum atomic E-state index is 13.8. The smallest absolute Gasteiger partial charge is 0.280 e. The number of rotatable bonds is 3. The summed E-state index contributed by atoms with van der Waals surface area (Å²) < 4.78 is 56.7. The van der Waals surface area contributed by atoms with Crippen LogP contribution in [-0.4, -0.2) is 41.5 Å². The molecule has 27 heavy (non-hydrogen) atoms. The lowest BCUT2D eigenvalue weighted by Crippen LogP contribution is -2.56. The van der Waals surface area contributed by atoms with Crippen molar-refractivity contribution in [2.75, 3.05) is 12.4 Å². The normalized spacial score (nSPS) is 22.6. The van der Waals surface area contributed by atoms with Crippen LogP contribution in [0.25, 0.3) is 0 Å². The first-order chi connectivity index (χ1) is 12.6. The molecule has 0 unspecified atom stereocenters. The van der Waals surface area contributed by atoms with Crippen LogP contribution in [0.2, 0.25) is 0 Å². The summed E-state index contributed by atoms with van der Waals surface area (Å²) in [5.41, 5.74) is 1.07. The molecular formula is C16H19F2N5O3S. The number of halogens is 2. The third-order valence-electron chi connectivity index (χ3n) is 4.49. The number of benzene rings is 1. The predicted octanol–water partition coefficient (Wildman–Crippen LogP) is 1.23. The average molecular weight is 399 g/mol. The molecule has 1 aromatic heterocycles. The highest BCUT2D eigenvalue weighted by Gasteiger charge is 2.41. The Morgan fingerprint density at radius 1 is 1.33 bits per heavy atom. The van der Waals surface area contributed by atoms with Gasteiger partial charge in [-0.3, -0.25) is 9.48 Å². The number of amides is 1. The molecule has 2 N–H and O–H groups in total. The second-order valence-corrected chi connectivity index (χ2v) is 8.16. The quantitative estimate of drug-likeness (QED) is 0.811. The van der Waals surface area contributed by atoms with E-state index in [0.717, 1.165) is 16.4 Å². The van der Waals surface area contributed by atoms with E-state index in [-0.39, 0.29) is 12.1 Å². The Kier molecular flexibility index (Phi) is 5.02. The molecule has 11 heteroatoms. The van der Waals surface area contributed by atoms with Crippen LogP contribution in [0.15, 0.2) is 24.4 Å². The van der Waals surface area contributed by atoms with Gasteiger partial charge in [0.1, 0.15) is 17.7 Å². The van der Waals surface area contributed by atoms with E-state index in [0.29, 0.717) is 17.3 Å². The summed E-state index contributed by atoms with van der Waals surface area (Å²) in [6.07, 6.45) is 1.80. The van der Waals surface area contributed by atoms with Gasteiger partial charge < -0.3 is 5.32 Å². The fourth-order valence-corrected chi connectivity index (χ4v) is 4.35. The number of hydrogen-bond acceptors (Lipinski definition) is 4. The SMILES string of the molecule is Cc1nn(C)cc1[C@@H]1C[C@@H](C(=O)Nc2ccc(F)cc2F)N(C)S(=O)(=O)N1. The lowest BCUT2D eigenvalue weighted by atomic mass is 10.00. The van der Waals surface area contributed by atoms with E-state index >= 15 is 0 Å². The van der Waals surface area contributed by atoms with E-state index in [1.807, 2.05) is 0 Å². The van der Waals surface area contributed by atoms with Crippen molar-refractivity contribution in [2.24, 2.45) is 7.05 Å². The number of aromatic nitrogens is 2. The summed E-state index contributed by atoms with van der Waals surface area (Å²) in [6, 6.07) is 0.990. The molecule has 1 saturated heterocycles. The van der Waals surface area contributed by atoms with Crippen LogP contribution >= 0.6 is 0 Å². The van der Waals surface area contributed by atoms with Crippen molar-refractivity contribution in [1.29, 1.82) is 0 Å². The highest BCUT2D eigenvalue weighted by atomic mass is 32.2. The molecule has 2 heterocycles. The Morgan fingerprint density at radius 3 is 2.63 bits per heavy atom. The molecule has 0 bridgehead atoms. The average Bonchev–Trinajstić information content (AvgIpc) is 2.91.